The van der Waals surface area contributed by atoms with E-state index in [2.05, 4.69) is 28.1 Å². The Labute approximate surface area is 182 Å². The standard InChI is InChI=1S/C11H18N5O14P3/c1-26-7-6(17)4(2-27-32(22,23)30-33(24,25)29-31(19,20)21)28-10(7)16-3-13-5-8(16)14-11(12)15-9(5)18/h3-4,6-7,10,17H,2H2,1H3,(H,22,23)(H,24,25)(H2,19,20,21)(H3,12,14,15,18)/t4-,6?,7?,10-/m1/s1. The van der Waals surface area contributed by atoms with Gasteiger partial charge in [0.1, 0.15) is 18.3 Å². The zero-order chi connectivity index (χ0) is 24.8. The minimum absolute atomic E-state index is 0.0240. The average molecular weight is 537 g/mol. The first-order valence-corrected chi connectivity index (χ1v) is 13.0. The average Bonchev–Trinajstić information content (AvgIpc) is 3.17. The zero-order valence-corrected chi connectivity index (χ0v) is 18.9. The fourth-order valence-corrected chi connectivity index (χ4v) is 5.96. The predicted molar refractivity (Wildman–Crippen MR) is 103 cm³/mol. The molecule has 1 aliphatic heterocycles. The Hall–Kier alpha value is -1.56. The summed E-state index contributed by atoms with van der Waals surface area (Å²) in [6.07, 6.45) is -4.08. The van der Waals surface area contributed by atoms with Gasteiger partial charge < -0.3 is 39.9 Å². The molecule has 0 radical (unpaired) electrons. The van der Waals surface area contributed by atoms with Gasteiger partial charge in [0.2, 0.25) is 5.95 Å². The quantitative estimate of drug-likeness (QED) is 0.176. The first-order chi connectivity index (χ1) is 15.1. The van der Waals surface area contributed by atoms with Gasteiger partial charge in [-0.3, -0.25) is 18.9 Å². The van der Waals surface area contributed by atoms with Crippen LogP contribution in [0.4, 0.5) is 5.95 Å². The normalized spacial score (nSPS) is 27.5. The van der Waals surface area contributed by atoms with E-state index in [0.29, 0.717) is 0 Å². The molecule has 4 unspecified atom stereocenters. The van der Waals surface area contributed by atoms with E-state index in [9.17, 15) is 33.4 Å². The monoisotopic (exact) mass is 537 g/mol. The number of phosphoric acid groups is 3. The molecule has 0 amide bonds. The lowest BCUT2D eigenvalue weighted by Gasteiger charge is -2.19. The maximum Gasteiger partial charge on any atom is 0.490 e. The van der Waals surface area contributed by atoms with Gasteiger partial charge >= 0.3 is 23.5 Å². The molecular weight excluding hydrogens is 519 g/mol. The summed E-state index contributed by atoms with van der Waals surface area (Å²) < 4.78 is 57.6. The molecular formula is C11H18N5O14P3. The number of ether oxygens (including phenoxy) is 2. The van der Waals surface area contributed by atoms with Crippen LogP contribution < -0.4 is 11.3 Å². The third-order valence-corrected chi connectivity index (χ3v) is 7.93. The molecule has 3 rings (SSSR count). The van der Waals surface area contributed by atoms with Crippen LogP contribution in [-0.4, -0.2) is 76.2 Å². The van der Waals surface area contributed by atoms with Crippen LogP contribution in [0.5, 0.6) is 0 Å². The Morgan fingerprint density at radius 1 is 1.21 bits per heavy atom. The Bertz CT molecular complexity index is 1230. The molecule has 186 valence electrons. The summed E-state index contributed by atoms with van der Waals surface area (Å²) in [5, 5.41) is 10.5. The fraction of sp³-hybridized carbons (Fsp3) is 0.545. The van der Waals surface area contributed by atoms with Crippen LogP contribution in [-0.2, 0) is 36.3 Å². The lowest BCUT2D eigenvalue weighted by Crippen LogP contribution is -2.35. The summed E-state index contributed by atoms with van der Waals surface area (Å²) in [6.45, 7) is -0.927. The summed E-state index contributed by atoms with van der Waals surface area (Å²) >= 11 is 0. The Balaban J connectivity index is 1.76. The van der Waals surface area contributed by atoms with Crippen molar-refractivity contribution in [2.45, 2.75) is 24.5 Å². The van der Waals surface area contributed by atoms with Crippen molar-refractivity contribution in [1.82, 2.24) is 19.5 Å². The first-order valence-electron chi connectivity index (χ1n) is 8.49. The molecule has 1 fully saturated rings. The highest BCUT2D eigenvalue weighted by Crippen LogP contribution is 2.66. The summed E-state index contributed by atoms with van der Waals surface area (Å²) in [7, 11) is -15.5. The van der Waals surface area contributed by atoms with Crippen LogP contribution in [0.3, 0.4) is 0 Å². The number of anilines is 1. The van der Waals surface area contributed by atoms with E-state index in [4.69, 9.17) is 25.0 Å². The smallest absolute Gasteiger partial charge is 0.387 e. The number of rotatable bonds is 9. The van der Waals surface area contributed by atoms with Gasteiger partial charge in [-0.1, -0.05) is 0 Å². The number of hydrogen-bond acceptors (Lipinski definition) is 13. The molecule has 1 aliphatic rings. The maximum atomic E-state index is 12.0. The van der Waals surface area contributed by atoms with E-state index < -0.39 is 60.2 Å². The minimum Gasteiger partial charge on any atom is -0.387 e. The molecule has 0 saturated carbocycles. The molecule has 0 bridgehead atoms. The number of imidazole rings is 1. The molecule has 2 aromatic heterocycles. The number of aliphatic hydroxyl groups excluding tert-OH is 1. The number of methoxy groups -OCH3 is 1. The maximum absolute atomic E-state index is 12.0. The third-order valence-electron chi connectivity index (χ3n) is 4.13. The van der Waals surface area contributed by atoms with Crippen molar-refractivity contribution in [2.75, 3.05) is 19.5 Å². The van der Waals surface area contributed by atoms with Gasteiger partial charge in [0.05, 0.1) is 12.9 Å². The van der Waals surface area contributed by atoms with E-state index in [0.717, 1.165) is 6.33 Å². The second kappa shape index (κ2) is 9.24. The molecule has 22 heteroatoms. The van der Waals surface area contributed by atoms with Crippen LogP contribution in [0.1, 0.15) is 6.23 Å². The molecule has 3 heterocycles. The number of nitrogen functional groups attached to an aromatic ring is 1. The molecule has 33 heavy (non-hydrogen) atoms. The number of aromatic nitrogens is 4. The second-order valence-corrected chi connectivity index (χ2v) is 10.8. The molecule has 0 aliphatic carbocycles. The summed E-state index contributed by atoms with van der Waals surface area (Å²) in [5.41, 5.74) is 4.76. The van der Waals surface area contributed by atoms with Crippen molar-refractivity contribution < 1.29 is 61.0 Å². The van der Waals surface area contributed by atoms with Crippen LogP contribution in [0, 0.1) is 0 Å². The van der Waals surface area contributed by atoms with Crippen molar-refractivity contribution >= 4 is 40.6 Å². The number of nitrogens with two attached hydrogens (primary N) is 1. The number of H-pyrrole nitrogens is 1. The second-order valence-electron chi connectivity index (χ2n) is 6.42. The molecule has 2 aromatic rings. The van der Waals surface area contributed by atoms with Crippen LogP contribution in [0.2, 0.25) is 0 Å². The fourth-order valence-electron chi connectivity index (χ4n) is 2.94. The van der Waals surface area contributed by atoms with Gasteiger partial charge in [0.25, 0.3) is 5.56 Å². The number of aliphatic hydroxyl groups is 1. The highest BCUT2D eigenvalue weighted by molar-refractivity contribution is 7.66. The summed E-state index contributed by atoms with van der Waals surface area (Å²) in [4.78, 5) is 57.8. The highest BCUT2D eigenvalue weighted by Gasteiger charge is 2.48. The van der Waals surface area contributed by atoms with E-state index in [-0.39, 0.29) is 17.1 Å². The minimum atomic E-state index is -5.71. The zero-order valence-electron chi connectivity index (χ0n) is 16.3. The van der Waals surface area contributed by atoms with Crippen LogP contribution >= 0.6 is 23.5 Å². The van der Waals surface area contributed by atoms with Gasteiger partial charge in [-0.2, -0.15) is 13.6 Å². The van der Waals surface area contributed by atoms with Crippen molar-refractivity contribution in [3.05, 3.63) is 16.7 Å². The predicted octanol–water partition coefficient (Wildman–Crippen LogP) is -1.68. The van der Waals surface area contributed by atoms with Gasteiger partial charge in [-0.05, 0) is 0 Å². The van der Waals surface area contributed by atoms with Crippen LogP contribution in [0.25, 0.3) is 11.2 Å². The van der Waals surface area contributed by atoms with Crippen molar-refractivity contribution in [1.29, 1.82) is 0 Å². The number of phosphoric ester groups is 1. The number of fused-ring (bicyclic) bond motifs is 1. The third kappa shape index (κ3) is 6.12. The summed E-state index contributed by atoms with van der Waals surface area (Å²) in [5.74, 6) is -0.231. The van der Waals surface area contributed by atoms with Gasteiger partial charge in [-0.25, -0.2) is 18.7 Å². The Morgan fingerprint density at radius 3 is 2.48 bits per heavy atom. The molecule has 0 aromatic carbocycles. The van der Waals surface area contributed by atoms with Gasteiger partial charge in [0, 0.05) is 7.11 Å². The molecule has 0 spiro atoms. The van der Waals surface area contributed by atoms with Crippen molar-refractivity contribution in [3.8, 4) is 0 Å². The molecule has 8 N–H and O–H groups in total. The van der Waals surface area contributed by atoms with Gasteiger partial charge in [-0.15, -0.1) is 0 Å². The lowest BCUT2D eigenvalue weighted by atomic mass is 10.1. The van der Waals surface area contributed by atoms with E-state index in [1.54, 1.807) is 0 Å². The Kier molecular flexibility index (Phi) is 7.29. The largest absolute Gasteiger partial charge is 0.490 e. The SMILES string of the molecule is COC1C(O)[C@@H](COP(=O)(O)OP(=O)(O)OP(=O)(O)O)O[C@H]1n1cnc2c(=O)[nH]c(N)nc21. The van der Waals surface area contributed by atoms with Crippen molar-refractivity contribution in [2.24, 2.45) is 0 Å². The molecule has 19 nitrogen and oxygen atoms in total. The molecule has 1 saturated heterocycles. The number of nitrogens with zero attached hydrogens (tertiary/aromatic N) is 3. The van der Waals surface area contributed by atoms with Gasteiger partial charge in [0.15, 0.2) is 17.4 Å². The number of hydrogen-bond donors (Lipinski definition) is 7. The van der Waals surface area contributed by atoms with Crippen LogP contribution in [0.15, 0.2) is 11.1 Å². The topological polar surface area (TPSA) is 288 Å². The van der Waals surface area contributed by atoms with Crippen molar-refractivity contribution in [3.63, 3.8) is 0 Å². The lowest BCUT2D eigenvalue weighted by molar-refractivity contribution is -0.0577. The summed E-state index contributed by atoms with van der Waals surface area (Å²) in [6, 6.07) is 0. The highest BCUT2D eigenvalue weighted by atomic mass is 31.3. The van der Waals surface area contributed by atoms with E-state index in [1.165, 1.54) is 11.7 Å². The number of nitrogens with one attached hydrogen (secondary N) is 1. The Morgan fingerprint density at radius 2 is 1.88 bits per heavy atom. The molecule has 6 atom stereocenters. The first kappa shape index (κ1) is 26.1. The van der Waals surface area contributed by atoms with E-state index >= 15 is 0 Å². The number of aromatic amines is 1. The van der Waals surface area contributed by atoms with E-state index in [1.807, 2.05) is 0 Å².